The number of hydrogen-bond donors (Lipinski definition) is 3. The number of fused-ring (bicyclic) bond motifs is 1. The van der Waals surface area contributed by atoms with Gasteiger partial charge in [0.1, 0.15) is 6.04 Å². The Kier molecular flexibility index (Phi) is 4.74. The van der Waals surface area contributed by atoms with Gasteiger partial charge in [-0.15, -0.1) is 0 Å². The Morgan fingerprint density at radius 1 is 1.32 bits per heavy atom. The number of carbonyl (C=O) groups is 2. The van der Waals surface area contributed by atoms with Crippen LogP contribution in [0.15, 0.2) is 35.1 Å². The number of aromatic nitrogens is 2. The second-order valence-electron chi connectivity index (χ2n) is 6.77. The van der Waals surface area contributed by atoms with Crippen molar-refractivity contribution in [3.63, 3.8) is 0 Å². The molecule has 7 heteroatoms. The molecule has 1 aromatic carbocycles. The third-order valence-corrected chi connectivity index (χ3v) is 4.09. The van der Waals surface area contributed by atoms with E-state index in [1.807, 2.05) is 38.1 Å². The Bertz CT molecular complexity index is 850. The van der Waals surface area contributed by atoms with Gasteiger partial charge in [0.15, 0.2) is 0 Å². The van der Waals surface area contributed by atoms with E-state index in [-0.39, 0.29) is 23.8 Å². The van der Waals surface area contributed by atoms with E-state index in [1.165, 1.54) is 10.7 Å². The van der Waals surface area contributed by atoms with E-state index in [4.69, 9.17) is 0 Å². The molecule has 3 N–H and O–H groups in total. The zero-order valence-corrected chi connectivity index (χ0v) is 14.3. The number of aromatic amines is 1. The minimum absolute atomic E-state index is 0.0335. The van der Waals surface area contributed by atoms with Gasteiger partial charge in [-0.2, -0.15) is 0 Å². The lowest BCUT2D eigenvalue weighted by molar-refractivity contribution is -0.126. The van der Waals surface area contributed by atoms with Crippen LogP contribution in [0, 0.1) is 5.92 Å². The van der Waals surface area contributed by atoms with Gasteiger partial charge < -0.3 is 10.6 Å². The molecular formula is C18H22N4O3. The van der Waals surface area contributed by atoms with Crippen LogP contribution in [0.25, 0.3) is 0 Å². The van der Waals surface area contributed by atoms with Crippen LogP contribution in [0.1, 0.15) is 25.1 Å². The van der Waals surface area contributed by atoms with Crippen molar-refractivity contribution >= 4 is 17.5 Å². The summed E-state index contributed by atoms with van der Waals surface area (Å²) in [6.07, 6.45) is 0.490. The van der Waals surface area contributed by atoms with Crippen molar-refractivity contribution < 1.29 is 9.59 Å². The lowest BCUT2D eigenvalue weighted by Gasteiger charge is -2.25. The van der Waals surface area contributed by atoms with Crippen LogP contribution in [-0.4, -0.2) is 27.6 Å². The van der Waals surface area contributed by atoms with Crippen LogP contribution in [0.4, 0.5) is 5.69 Å². The fraction of sp³-hybridized carbons (Fsp3) is 0.389. The van der Waals surface area contributed by atoms with Gasteiger partial charge in [-0.25, -0.2) is 0 Å². The number of anilines is 1. The second-order valence-corrected chi connectivity index (χ2v) is 6.77. The normalized spacial score (nSPS) is 16.4. The maximum atomic E-state index is 12.3. The van der Waals surface area contributed by atoms with Crippen molar-refractivity contribution in [1.29, 1.82) is 0 Å². The smallest absolute Gasteiger partial charge is 0.266 e. The van der Waals surface area contributed by atoms with Crippen molar-refractivity contribution in [3.8, 4) is 0 Å². The third-order valence-electron chi connectivity index (χ3n) is 4.09. The molecule has 0 bridgehead atoms. The predicted molar refractivity (Wildman–Crippen MR) is 94.3 cm³/mol. The van der Waals surface area contributed by atoms with Gasteiger partial charge in [-0.05, 0) is 17.5 Å². The van der Waals surface area contributed by atoms with Crippen molar-refractivity contribution in [1.82, 2.24) is 15.1 Å². The Hall–Kier alpha value is -2.83. The molecule has 1 aromatic heterocycles. The van der Waals surface area contributed by atoms with E-state index in [2.05, 4.69) is 15.7 Å². The molecule has 1 aliphatic rings. The summed E-state index contributed by atoms with van der Waals surface area (Å²) in [7, 11) is 0. The lowest BCUT2D eigenvalue weighted by atomic mass is 9.99. The first-order valence-electron chi connectivity index (χ1n) is 8.39. The average molecular weight is 342 g/mol. The molecule has 3 rings (SSSR count). The molecule has 2 heterocycles. The molecular weight excluding hydrogens is 320 g/mol. The zero-order chi connectivity index (χ0) is 18.0. The summed E-state index contributed by atoms with van der Waals surface area (Å²) >= 11 is 0. The van der Waals surface area contributed by atoms with Crippen molar-refractivity contribution in [2.75, 3.05) is 5.32 Å². The number of nitrogens with one attached hydrogen (secondary N) is 3. The fourth-order valence-electron chi connectivity index (χ4n) is 2.97. The number of amides is 2. The number of benzene rings is 1. The maximum absolute atomic E-state index is 12.3. The molecule has 25 heavy (non-hydrogen) atoms. The van der Waals surface area contributed by atoms with E-state index in [0.717, 1.165) is 11.3 Å². The van der Waals surface area contributed by atoms with Crippen LogP contribution >= 0.6 is 0 Å². The standard InChI is InChI=1S/C18H22N4O3/c1-11(2)10-22-17(24)9-13(21-22)8-16(23)19-15-7-12-5-3-4-6-14(12)20-18(15)25/h3-6,9,11,15,21H,7-8,10H2,1-2H3,(H,19,23)(H,20,25). The van der Waals surface area contributed by atoms with Crippen LogP contribution in [0.5, 0.6) is 0 Å². The summed E-state index contributed by atoms with van der Waals surface area (Å²) in [5.74, 6) is -0.195. The maximum Gasteiger partial charge on any atom is 0.266 e. The molecule has 0 spiro atoms. The largest absolute Gasteiger partial charge is 0.344 e. The van der Waals surface area contributed by atoms with Gasteiger partial charge in [0.05, 0.1) is 6.42 Å². The van der Waals surface area contributed by atoms with Crippen molar-refractivity contribution in [2.45, 2.75) is 39.3 Å². The fourth-order valence-corrected chi connectivity index (χ4v) is 2.97. The number of H-pyrrole nitrogens is 1. The topological polar surface area (TPSA) is 96.0 Å². The van der Waals surface area contributed by atoms with Gasteiger partial charge in [-0.3, -0.25) is 24.2 Å². The molecule has 2 amide bonds. The molecule has 0 saturated heterocycles. The SMILES string of the molecule is CC(C)Cn1[nH]c(CC(=O)NC2Cc3ccccc3NC2=O)cc1=O. The Labute approximate surface area is 145 Å². The zero-order valence-electron chi connectivity index (χ0n) is 14.3. The molecule has 2 aromatic rings. The molecule has 1 unspecified atom stereocenters. The summed E-state index contributed by atoms with van der Waals surface area (Å²) in [4.78, 5) is 36.3. The molecule has 0 aliphatic carbocycles. The van der Waals surface area contributed by atoms with Crippen LogP contribution in [0.3, 0.4) is 0 Å². The van der Waals surface area contributed by atoms with E-state index < -0.39 is 6.04 Å². The molecule has 0 fully saturated rings. The number of para-hydroxylation sites is 1. The first-order valence-corrected chi connectivity index (χ1v) is 8.39. The van der Waals surface area contributed by atoms with Gasteiger partial charge in [0, 0.05) is 30.4 Å². The van der Waals surface area contributed by atoms with Gasteiger partial charge in [0.25, 0.3) is 5.56 Å². The van der Waals surface area contributed by atoms with E-state index >= 15 is 0 Å². The number of carbonyl (C=O) groups excluding carboxylic acids is 2. The van der Waals surface area contributed by atoms with Crippen LogP contribution < -0.4 is 16.2 Å². The summed E-state index contributed by atoms with van der Waals surface area (Å²) in [6, 6.07) is 8.35. The monoisotopic (exact) mass is 342 g/mol. The summed E-state index contributed by atoms with van der Waals surface area (Å²) in [6.45, 7) is 4.60. The molecule has 7 nitrogen and oxygen atoms in total. The summed E-state index contributed by atoms with van der Waals surface area (Å²) in [5, 5.41) is 8.49. The van der Waals surface area contributed by atoms with E-state index in [0.29, 0.717) is 24.6 Å². The molecule has 1 atom stereocenters. The Balaban J connectivity index is 1.63. The van der Waals surface area contributed by atoms with Gasteiger partial charge in [-0.1, -0.05) is 32.0 Å². The highest BCUT2D eigenvalue weighted by atomic mass is 16.2. The second kappa shape index (κ2) is 6.96. The number of nitrogens with zero attached hydrogens (tertiary/aromatic N) is 1. The van der Waals surface area contributed by atoms with Gasteiger partial charge >= 0.3 is 0 Å². The van der Waals surface area contributed by atoms with E-state index in [9.17, 15) is 14.4 Å². The first-order chi connectivity index (χ1) is 11.9. The summed E-state index contributed by atoms with van der Waals surface area (Å²) in [5.41, 5.74) is 2.16. The first kappa shape index (κ1) is 17.0. The highest BCUT2D eigenvalue weighted by molar-refractivity contribution is 6.00. The Morgan fingerprint density at radius 3 is 2.84 bits per heavy atom. The summed E-state index contributed by atoms with van der Waals surface area (Å²) < 4.78 is 1.50. The Morgan fingerprint density at radius 2 is 2.08 bits per heavy atom. The van der Waals surface area contributed by atoms with Crippen molar-refractivity contribution in [2.24, 2.45) is 5.92 Å². The molecule has 132 valence electrons. The quantitative estimate of drug-likeness (QED) is 0.758. The average Bonchev–Trinajstić information content (AvgIpc) is 2.86. The lowest BCUT2D eigenvalue weighted by Crippen LogP contribution is -2.48. The molecule has 1 aliphatic heterocycles. The molecule has 0 saturated carbocycles. The van der Waals surface area contributed by atoms with Gasteiger partial charge in [0.2, 0.25) is 11.8 Å². The predicted octanol–water partition coefficient (Wildman–Crippen LogP) is 1.05. The molecule has 0 radical (unpaired) electrons. The number of hydrogen-bond acceptors (Lipinski definition) is 3. The van der Waals surface area contributed by atoms with E-state index in [1.54, 1.807) is 0 Å². The minimum Gasteiger partial charge on any atom is -0.344 e. The minimum atomic E-state index is -0.605. The van der Waals surface area contributed by atoms with Crippen molar-refractivity contribution in [3.05, 3.63) is 51.9 Å². The number of rotatable bonds is 5. The third kappa shape index (κ3) is 3.99. The van der Waals surface area contributed by atoms with Crippen LogP contribution in [-0.2, 0) is 29.0 Å². The highest BCUT2D eigenvalue weighted by Crippen LogP contribution is 2.21. The highest BCUT2D eigenvalue weighted by Gasteiger charge is 2.27. The van der Waals surface area contributed by atoms with Crippen LogP contribution in [0.2, 0.25) is 0 Å².